The van der Waals surface area contributed by atoms with E-state index in [2.05, 4.69) is 15.0 Å². The Balaban J connectivity index is 2.06. The number of fused-ring (bicyclic) bond motifs is 1. The van der Waals surface area contributed by atoms with Gasteiger partial charge in [-0.1, -0.05) is 0 Å². The molecular weight excluding hydrogens is 247 g/mol. The molecule has 0 amide bonds. The van der Waals surface area contributed by atoms with Crippen molar-refractivity contribution in [3.63, 3.8) is 0 Å². The quantitative estimate of drug-likeness (QED) is 0.713. The molecule has 6 heteroatoms. The van der Waals surface area contributed by atoms with Crippen molar-refractivity contribution in [2.75, 3.05) is 5.73 Å². The number of rotatable bonds is 2. The fourth-order valence-electron chi connectivity index (χ4n) is 1.71. The molecule has 19 heavy (non-hydrogen) atoms. The Morgan fingerprint density at radius 3 is 2.63 bits per heavy atom. The zero-order chi connectivity index (χ0) is 13.2. The normalized spacial score (nSPS) is 10.6. The van der Waals surface area contributed by atoms with Crippen LogP contribution in [-0.2, 0) is 0 Å². The summed E-state index contributed by atoms with van der Waals surface area (Å²) in [6.07, 6.45) is 3.73. The molecule has 0 saturated carbocycles. The van der Waals surface area contributed by atoms with Crippen LogP contribution in [0.25, 0.3) is 10.9 Å². The van der Waals surface area contributed by atoms with E-state index in [0.29, 0.717) is 17.0 Å². The number of hydrogen-bond donors (Lipinski definition) is 1. The predicted molar refractivity (Wildman–Crippen MR) is 68.2 cm³/mol. The Labute approximate surface area is 107 Å². The summed E-state index contributed by atoms with van der Waals surface area (Å²) in [5.41, 5.74) is 7.04. The number of hydrogen-bond acceptors (Lipinski definition) is 5. The number of pyridine rings is 1. The second kappa shape index (κ2) is 4.49. The second-order valence-electron chi connectivity index (χ2n) is 3.84. The molecule has 0 saturated heterocycles. The van der Waals surface area contributed by atoms with Gasteiger partial charge in [0.15, 0.2) is 5.82 Å². The van der Waals surface area contributed by atoms with Crippen LogP contribution in [-0.4, -0.2) is 15.0 Å². The average Bonchev–Trinajstić information content (AvgIpc) is 2.45. The summed E-state index contributed by atoms with van der Waals surface area (Å²) >= 11 is 0. The first-order valence-electron chi connectivity index (χ1n) is 5.52. The summed E-state index contributed by atoms with van der Waals surface area (Å²) < 4.78 is 18.2. The summed E-state index contributed by atoms with van der Waals surface area (Å²) in [5.74, 6) is 0.0000824. The number of benzene rings is 1. The zero-order valence-corrected chi connectivity index (χ0v) is 9.75. The van der Waals surface area contributed by atoms with Crippen LogP contribution in [0.5, 0.6) is 11.8 Å². The number of halogens is 1. The van der Waals surface area contributed by atoms with Crippen molar-refractivity contribution in [2.45, 2.75) is 0 Å². The molecule has 0 aliphatic rings. The van der Waals surface area contributed by atoms with Crippen LogP contribution in [0.1, 0.15) is 0 Å². The second-order valence-corrected chi connectivity index (χ2v) is 3.84. The van der Waals surface area contributed by atoms with Crippen LogP contribution in [0.3, 0.4) is 0 Å². The highest BCUT2D eigenvalue weighted by Crippen LogP contribution is 2.30. The highest BCUT2D eigenvalue weighted by Gasteiger charge is 2.08. The first-order valence-corrected chi connectivity index (χ1v) is 5.52. The fourth-order valence-corrected chi connectivity index (χ4v) is 1.71. The van der Waals surface area contributed by atoms with Crippen LogP contribution < -0.4 is 10.5 Å². The van der Waals surface area contributed by atoms with Crippen molar-refractivity contribution in [1.29, 1.82) is 0 Å². The Kier molecular flexibility index (Phi) is 2.68. The molecule has 94 valence electrons. The van der Waals surface area contributed by atoms with E-state index in [1.807, 2.05) is 6.07 Å². The molecule has 3 aromatic rings. The lowest BCUT2D eigenvalue weighted by molar-refractivity contribution is 0.441. The van der Waals surface area contributed by atoms with Gasteiger partial charge in [-0.15, -0.1) is 0 Å². The first kappa shape index (κ1) is 11.3. The SMILES string of the molecule is Nc1ccc(Oc2ncc(F)cn2)c2cccnc12. The molecule has 5 nitrogen and oxygen atoms in total. The van der Waals surface area contributed by atoms with E-state index >= 15 is 0 Å². The average molecular weight is 256 g/mol. The molecule has 0 spiro atoms. The van der Waals surface area contributed by atoms with E-state index in [0.717, 1.165) is 17.8 Å². The van der Waals surface area contributed by atoms with Crippen molar-refractivity contribution in [3.05, 3.63) is 48.7 Å². The van der Waals surface area contributed by atoms with Gasteiger partial charge in [0.1, 0.15) is 5.75 Å². The van der Waals surface area contributed by atoms with Gasteiger partial charge in [-0.05, 0) is 24.3 Å². The Morgan fingerprint density at radius 1 is 1.05 bits per heavy atom. The number of ether oxygens (including phenoxy) is 1. The first-order chi connectivity index (χ1) is 9.24. The van der Waals surface area contributed by atoms with Gasteiger partial charge in [-0.2, -0.15) is 0 Å². The smallest absolute Gasteiger partial charge is 0.322 e. The van der Waals surface area contributed by atoms with E-state index in [9.17, 15) is 4.39 Å². The molecule has 0 radical (unpaired) electrons. The summed E-state index contributed by atoms with van der Waals surface area (Å²) in [6, 6.07) is 7.06. The monoisotopic (exact) mass is 256 g/mol. The highest BCUT2D eigenvalue weighted by atomic mass is 19.1. The molecule has 0 aliphatic heterocycles. The van der Waals surface area contributed by atoms with Crippen LogP contribution in [0, 0.1) is 5.82 Å². The standard InChI is InChI=1S/C13H9FN4O/c14-8-6-17-13(18-7-8)19-11-4-3-10(15)12-9(11)2-1-5-16-12/h1-7H,15H2. The number of aromatic nitrogens is 3. The van der Waals surface area contributed by atoms with Crippen molar-refractivity contribution in [3.8, 4) is 11.8 Å². The molecule has 2 N–H and O–H groups in total. The number of nitrogens with zero attached hydrogens (tertiary/aromatic N) is 3. The molecule has 0 atom stereocenters. The molecule has 0 bridgehead atoms. The summed E-state index contributed by atoms with van der Waals surface area (Å²) in [6.45, 7) is 0. The topological polar surface area (TPSA) is 73.9 Å². The van der Waals surface area contributed by atoms with Crippen molar-refractivity contribution >= 4 is 16.6 Å². The Bertz CT molecular complexity index is 730. The third-order valence-electron chi connectivity index (χ3n) is 2.56. The maximum Gasteiger partial charge on any atom is 0.322 e. The molecule has 3 rings (SSSR count). The van der Waals surface area contributed by atoms with E-state index in [-0.39, 0.29) is 6.01 Å². The van der Waals surface area contributed by atoms with Gasteiger partial charge in [-0.3, -0.25) is 4.98 Å². The van der Waals surface area contributed by atoms with Crippen LogP contribution >= 0.6 is 0 Å². The van der Waals surface area contributed by atoms with E-state index < -0.39 is 5.82 Å². The van der Waals surface area contributed by atoms with Crippen molar-refractivity contribution < 1.29 is 9.13 Å². The predicted octanol–water partition coefficient (Wildman–Crippen LogP) is 2.54. The van der Waals surface area contributed by atoms with E-state index in [1.165, 1.54) is 0 Å². The summed E-state index contributed by atoms with van der Waals surface area (Å²) in [5, 5.41) is 0.746. The maximum atomic E-state index is 12.7. The van der Waals surface area contributed by atoms with Crippen LogP contribution in [0.4, 0.5) is 10.1 Å². The Hall–Kier alpha value is -2.76. The number of nitrogens with two attached hydrogens (primary N) is 1. The summed E-state index contributed by atoms with van der Waals surface area (Å²) in [4.78, 5) is 11.7. The fraction of sp³-hybridized carbons (Fsp3) is 0. The van der Waals surface area contributed by atoms with Crippen molar-refractivity contribution in [1.82, 2.24) is 15.0 Å². The van der Waals surface area contributed by atoms with Gasteiger partial charge in [0.2, 0.25) is 0 Å². The molecule has 0 unspecified atom stereocenters. The van der Waals surface area contributed by atoms with Gasteiger partial charge < -0.3 is 10.5 Å². The molecular formula is C13H9FN4O. The van der Waals surface area contributed by atoms with E-state index in [4.69, 9.17) is 10.5 Å². The van der Waals surface area contributed by atoms with Gasteiger partial charge in [0.05, 0.1) is 23.6 Å². The zero-order valence-electron chi connectivity index (χ0n) is 9.75. The minimum absolute atomic E-state index is 0.0660. The lowest BCUT2D eigenvalue weighted by Crippen LogP contribution is -1.95. The highest BCUT2D eigenvalue weighted by molar-refractivity contribution is 5.93. The van der Waals surface area contributed by atoms with Crippen LogP contribution in [0.2, 0.25) is 0 Å². The molecule has 0 aliphatic carbocycles. The molecule has 1 aromatic carbocycles. The molecule has 2 heterocycles. The van der Waals surface area contributed by atoms with Gasteiger partial charge in [0.25, 0.3) is 0 Å². The van der Waals surface area contributed by atoms with E-state index in [1.54, 1.807) is 24.4 Å². The third-order valence-corrected chi connectivity index (χ3v) is 2.56. The van der Waals surface area contributed by atoms with Gasteiger partial charge >= 0.3 is 6.01 Å². The summed E-state index contributed by atoms with van der Waals surface area (Å²) in [7, 11) is 0. The van der Waals surface area contributed by atoms with Gasteiger partial charge in [-0.25, -0.2) is 14.4 Å². The molecule has 0 fully saturated rings. The largest absolute Gasteiger partial charge is 0.424 e. The minimum Gasteiger partial charge on any atom is -0.424 e. The Morgan fingerprint density at radius 2 is 1.84 bits per heavy atom. The number of anilines is 1. The lowest BCUT2D eigenvalue weighted by Gasteiger charge is -2.08. The van der Waals surface area contributed by atoms with Gasteiger partial charge in [0, 0.05) is 11.6 Å². The van der Waals surface area contributed by atoms with Crippen LogP contribution in [0.15, 0.2) is 42.9 Å². The maximum absolute atomic E-state index is 12.7. The molecule has 2 aromatic heterocycles. The van der Waals surface area contributed by atoms with Crippen molar-refractivity contribution in [2.24, 2.45) is 0 Å². The minimum atomic E-state index is -0.517. The third kappa shape index (κ3) is 2.15. The number of nitrogen functional groups attached to an aromatic ring is 1. The lowest BCUT2D eigenvalue weighted by atomic mass is 10.2.